The van der Waals surface area contributed by atoms with Crippen molar-refractivity contribution in [2.24, 2.45) is 5.92 Å². The summed E-state index contributed by atoms with van der Waals surface area (Å²) in [5.41, 5.74) is 4.62. The summed E-state index contributed by atoms with van der Waals surface area (Å²) >= 11 is 12.1. The predicted molar refractivity (Wildman–Crippen MR) is 141 cm³/mol. The Bertz CT molecular complexity index is 1330. The van der Waals surface area contributed by atoms with E-state index >= 15 is 0 Å². The SMILES string of the molecule is Cc1cccc(N2C(=S)N[C@H]3c4cc(Cl)ccc4O[C@@]2(C)[C@@H]3C(=O)Nc2ccc(C)cc2C)c1. The Balaban J connectivity index is 1.63. The Kier molecular flexibility index (Phi) is 5.53. The van der Waals surface area contributed by atoms with Gasteiger partial charge in [-0.3, -0.25) is 9.69 Å². The molecule has 0 aliphatic carbocycles. The number of nitrogens with one attached hydrogen (secondary N) is 2. The molecule has 2 aliphatic heterocycles. The Morgan fingerprint density at radius 2 is 1.85 bits per heavy atom. The summed E-state index contributed by atoms with van der Waals surface area (Å²) in [6.45, 7) is 7.98. The molecule has 0 radical (unpaired) electrons. The maximum atomic E-state index is 13.9. The van der Waals surface area contributed by atoms with Gasteiger partial charge < -0.3 is 15.4 Å². The van der Waals surface area contributed by atoms with Gasteiger partial charge >= 0.3 is 0 Å². The molecule has 1 amide bonds. The third-order valence-corrected chi connectivity index (χ3v) is 7.18. The second kappa shape index (κ2) is 8.29. The fourth-order valence-corrected chi connectivity index (χ4v) is 5.67. The highest BCUT2D eigenvalue weighted by atomic mass is 35.5. The molecule has 1 saturated heterocycles. The van der Waals surface area contributed by atoms with Crippen molar-refractivity contribution in [3.8, 4) is 5.75 Å². The van der Waals surface area contributed by atoms with Gasteiger partial charge in [-0.15, -0.1) is 0 Å². The number of hydrogen-bond donors (Lipinski definition) is 2. The van der Waals surface area contributed by atoms with E-state index in [4.69, 9.17) is 28.6 Å². The molecule has 5 nitrogen and oxygen atoms in total. The molecule has 174 valence electrons. The number of rotatable bonds is 3. The molecule has 7 heteroatoms. The largest absolute Gasteiger partial charge is 0.467 e. The number of benzene rings is 3. The number of anilines is 2. The second-order valence-electron chi connectivity index (χ2n) is 9.23. The third kappa shape index (κ3) is 3.71. The first-order chi connectivity index (χ1) is 16.2. The molecule has 34 heavy (non-hydrogen) atoms. The predicted octanol–water partition coefficient (Wildman–Crippen LogP) is 6.06. The van der Waals surface area contributed by atoms with Gasteiger partial charge in [-0.2, -0.15) is 0 Å². The minimum Gasteiger partial charge on any atom is -0.467 e. The van der Waals surface area contributed by atoms with Crippen molar-refractivity contribution in [3.63, 3.8) is 0 Å². The number of hydrogen-bond acceptors (Lipinski definition) is 3. The first-order valence-corrected chi connectivity index (χ1v) is 12.0. The third-order valence-electron chi connectivity index (χ3n) is 6.64. The molecule has 2 aliphatic rings. The van der Waals surface area contributed by atoms with Gasteiger partial charge in [0.05, 0.1) is 6.04 Å². The van der Waals surface area contributed by atoms with Crippen LogP contribution in [0, 0.1) is 26.7 Å². The van der Waals surface area contributed by atoms with Gasteiger partial charge in [-0.1, -0.05) is 41.4 Å². The van der Waals surface area contributed by atoms with Crippen LogP contribution in [0.3, 0.4) is 0 Å². The topological polar surface area (TPSA) is 53.6 Å². The van der Waals surface area contributed by atoms with Gasteiger partial charge in [0.2, 0.25) is 5.91 Å². The molecule has 1 fully saturated rings. The number of ether oxygens (including phenoxy) is 1. The quantitative estimate of drug-likeness (QED) is 0.436. The lowest BCUT2D eigenvalue weighted by molar-refractivity contribution is -0.130. The van der Waals surface area contributed by atoms with Gasteiger partial charge in [0.1, 0.15) is 11.7 Å². The van der Waals surface area contributed by atoms with Crippen LogP contribution in [0.1, 0.15) is 35.2 Å². The molecular weight excluding hydrogens is 466 g/mol. The molecule has 5 rings (SSSR count). The van der Waals surface area contributed by atoms with Gasteiger partial charge in [-0.25, -0.2) is 0 Å². The number of halogens is 1. The smallest absolute Gasteiger partial charge is 0.236 e. The first-order valence-electron chi connectivity index (χ1n) is 11.2. The van der Waals surface area contributed by atoms with E-state index in [0.717, 1.165) is 33.6 Å². The molecule has 3 aromatic rings. The van der Waals surface area contributed by atoms with Crippen LogP contribution in [0.15, 0.2) is 60.7 Å². The highest BCUT2D eigenvalue weighted by molar-refractivity contribution is 7.80. The number of thiocarbonyl (C=S) groups is 1. The van der Waals surface area contributed by atoms with E-state index in [-0.39, 0.29) is 5.91 Å². The lowest BCUT2D eigenvalue weighted by atomic mass is 9.78. The van der Waals surface area contributed by atoms with Crippen molar-refractivity contribution < 1.29 is 9.53 Å². The number of nitrogens with zero attached hydrogens (tertiary/aromatic N) is 1. The number of carbonyl (C=O) groups excluding carboxylic acids is 1. The Hall–Kier alpha value is -3.09. The van der Waals surface area contributed by atoms with Crippen LogP contribution in [0.25, 0.3) is 0 Å². The van der Waals surface area contributed by atoms with E-state index in [2.05, 4.69) is 16.7 Å². The van der Waals surface area contributed by atoms with E-state index in [9.17, 15) is 4.79 Å². The van der Waals surface area contributed by atoms with Gasteiger partial charge in [0.25, 0.3) is 0 Å². The zero-order valence-electron chi connectivity index (χ0n) is 19.5. The van der Waals surface area contributed by atoms with Crippen LogP contribution in [-0.4, -0.2) is 16.7 Å². The van der Waals surface area contributed by atoms with Crippen molar-refractivity contribution in [1.29, 1.82) is 0 Å². The van der Waals surface area contributed by atoms with Crippen LogP contribution < -0.4 is 20.3 Å². The number of aryl methyl sites for hydroxylation is 3. The van der Waals surface area contributed by atoms with Gasteiger partial charge in [0.15, 0.2) is 10.8 Å². The molecule has 3 aromatic carbocycles. The summed E-state index contributed by atoms with van der Waals surface area (Å²) in [6.07, 6.45) is 0. The van der Waals surface area contributed by atoms with E-state index in [0.29, 0.717) is 15.9 Å². The summed E-state index contributed by atoms with van der Waals surface area (Å²) in [5.74, 6) is -0.0933. The maximum Gasteiger partial charge on any atom is 0.236 e. The zero-order chi connectivity index (χ0) is 24.2. The lowest BCUT2D eigenvalue weighted by Crippen LogP contribution is -2.72. The van der Waals surface area contributed by atoms with Crippen molar-refractivity contribution >= 4 is 46.2 Å². The average Bonchev–Trinajstić information content (AvgIpc) is 2.76. The lowest BCUT2D eigenvalue weighted by Gasteiger charge is -2.56. The average molecular weight is 492 g/mol. The highest BCUT2D eigenvalue weighted by Gasteiger charge is 2.59. The first kappa shape index (κ1) is 22.7. The van der Waals surface area contributed by atoms with Gasteiger partial charge in [0, 0.05) is 22.0 Å². The minimum absolute atomic E-state index is 0.155. The molecule has 0 aromatic heterocycles. The summed E-state index contributed by atoms with van der Waals surface area (Å²) in [6, 6.07) is 19.1. The minimum atomic E-state index is -1.07. The highest BCUT2D eigenvalue weighted by Crippen LogP contribution is 2.50. The van der Waals surface area contributed by atoms with Gasteiger partial charge in [-0.05, 0) is 87.4 Å². The summed E-state index contributed by atoms with van der Waals surface area (Å²) in [4.78, 5) is 15.8. The summed E-state index contributed by atoms with van der Waals surface area (Å²) < 4.78 is 6.62. The maximum absolute atomic E-state index is 13.9. The van der Waals surface area contributed by atoms with E-state index in [1.165, 1.54) is 0 Å². The molecule has 0 saturated carbocycles. The molecule has 2 N–H and O–H groups in total. The van der Waals surface area contributed by atoms with Crippen molar-refractivity contribution in [2.45, 2.75) is 39.5 Å². The molecule has 2 bridgehead atoms. The van der Waals surface area contributed by atoms with Crippen molar-refractivity contribution in [3.05, 3.63) is 87.9 Å². The van der Waals surface area contributed by atoms with E-state index in [1.807, 2.05) is 81.1 Å². The Morgan fingerprint density at radius 3 is 2.59 bits per heavy atom. The molecule has 0 unspecified atom stereocenters. The van der Waals surface area contributed by atoms with E-state index < -0.39 is 17.7 Å². The standard InChI is InChI=1S/C27H26ClN3O2S/c1-15-6-5-7-19(13-15)31-26(34)30-24-20-14-18(28)9-11-22(20)33-27(31,4)23(24)25(32)29-21-10-8-16(2)12-17(21)3/h5-14,23-24H,1-4H3,(H,29,32)(H,30,34)/t23-,24-,27-/m0/s1. The van der Waals surface area contributed by atoms with Crippen LogP contribution in [-0.2, 0) is 4.79 Å². The summed E-state index contributed by atoms with van der Waals surface area (Å²) in [5, 5.41) is 7.64. The Labute approximate surface area is 210 Å². The van der Waals surface area contributed by atoms with Crippen LogP contribution >= 0.6 is 23.8 Å². The number of carbonyl (C=O) groups is 1. The van der Waals surface area contributed by atoms with Crippen LogP contribution in [0.2, 0.25) is 5.02 Å². The fraction of sp³-hybridized carbons (Fsp3) is 0.259. The normalized spacial score (nSPS) is 23.0. The fourth-order valence-electron chi connectivity index (χ4n) is 5.07. The zero-order valence-corrected chi connectivity index (χ0v) is 21.1. The van der Waals surface area contributed by atoms with Crippen molar-refractivity contribution in [2.75, 3.05) is 10.2 Å². The monoisotopic (exact) mass is 491 g/mol. The molecule has 0 spiro atoms. The second-order valence-corrected chi connectivity index (χ2v) is 10.0. The molecule has 2 heterocycles. The molecule has 3 atom stereocenters. The molecular formula is C27H26ClN3O2S. The number of fused-ring (bicyclic) bond motifs is 4. The van der Waals surface area contributed by atoms with Crippen molar-refractivity contribution in [1.82, 2.24) is 5.32 Å². The summed E-state index contributed by atoms with van der Waals surface area (Å²) in [7, 11) is 0. The van der Waals surface area contributed by atoms with E-state index in [1.54, 1.807) is 6.07 Å². The number of amides is 1. The van der Waals surface area contributed by atoms with Crippen LogP contribution in [0.5, 0.6) is 5.75 Å². The Morgan fingerprint density at radius 1 is 1.09 bits per heavy atom. The van der Waals surface area contributed by atoms with Crippen LogP contribution in [0.4, 0.5) is 11.4 Å².